The van der Waals surface area contributed by atoms with Crippen LogP contribution in [0.15, 0.2) is 54.7 Å². The molecule has 0 saturated heterocycles. The highest BCUT2D eigenvalue weighted by molar-refractivity contribution is 5.92. The van der Waals surface area contributed by atoms with Crippen LogP contribution in [0.1, 0.15) is 21.6 Å². The number of ether oxygens (including phenoxy) is 1. The maximum Gasteiger partial charge on any atom is 0.269 e. The van der Waals surface area contributed by atoms with E-state index in [1.807, 2.05) is 18.2 Å². The van der Waals surface area contributed by atoms with Gasteiger partial charge in [0.05, 0.1) is 11.0 Å². The van der Waals surface area contributed by atoms with Gasteiger partial charge < -0.3 is 20.4 Å². The standard InChI is InChI=1S/C22H21N5O2/c1-13-4-5-14(2)18(10-13)26-22-25-17-7-6-15(11-19(17)27-22)29-16-8-9-24-20(12-16)21(28)23-3/h4-12H,1-3H3,(H,23,28)(H2,25,26,27). The smallest absolute Gasteiger partial charge is 0.269 e. The fraction of sp³-hybridized carbons (Fsp3) is 0.136. The van der Waals surface area contributed by atoms with Crippen molar-refractivity contribution >= 4 is 28.6 Å². The Labute approximate surface area is 168 Å². The monoisotopic (exact) mass is 387 g/mol. The number of aromatic amines is 1. The molecule has 0 atom stereocenters. The van der Waals surface area contributed by atoms with Gasteiger partial charge in [0.2, 0.25) is 5.95 Å². The number of carbonyl (C=O) groups excluding carboxylic acids is 1. The Kier molecular flexibility index (Phi) is 4.87. The number of benzene rings is 2. The van der Waals surface area contributed by atoms with Crippen LogP contribution in [-0.4, -0.2) is 27.9 Å². The Morgan fingerprint density at radius 1 is 1.03 bits per heavy atom. The van der Waals surface area contributed by atoms with E-state index in [4.69, 9.17) is 4.74 Å². The third kappa shape index (κ3) is 4.03. The van der Waals surface area contributed by atoms with Crippen LogP contribution in [0.2, 0.25) is 0 Å². The second-order valence-electron chi connectivity index (χ2n) is 6.77. The number of fused-ring (bicyclic) bond motifs is 1. The molecule has 2 aromatic heterocycles. The first-order valence-electron chi connectivity index (χ1n) is 9.22. The Hall–Kier alpha value is -3.87. The number of hydrogen-bond donors (Lipinski definition) is 3. The molecule has 2 aromatic carbocycles. The summed E-state index contributed by atoms with van der Waals surface area (Å²) in [5.41, 5.74) is 5.30. The number of rotatable bonds is 5. The van der Waals surface area contributed by atoms with Crippen molar-refractivity contribution < 1.29 is 9.53 Å². The maximum atomic E-state index is 11.7. The van der Waals surface area contributed by atoms with Gasteiger partial charge >= 0.3 is 0 Å². The average molecular weight is 387 g/mol. The molecule has 7 heteroatoms. The predicted octanol–water partition coefficient (Wildman–Crippen LogP) is 4.47. The molecule has 0 unspecified atom stereocenters. The number of nitrogens with one attached hydrogen (secondary N) is 3. The van der Waals surface area contributed by atoms with Crippen LogP contribution < -0.4 is 15.4 Å². The van der Waals surface area contributed by atoms with E-state index in [2.05, 4.69) is 57.6 Å². The molecule has 4 aromatic rings. The summed E-state index contributed by atoms with van der Waals surface area (Å²) in [5, 5.41) is 5.89. The highest BCUT2D eigenvalue weighted by Crippen LogP contribution is 2.27. The zero-order chi connectivity index (χ0) is 20.4. The van der Waals surface area contributed by atoms with Crippen LogP contribution >= 0.6 is 0 Å². The minimum atomic E-state index is -0.264. The van der Waals surface area contributed by atoms with Gasteiger partial charge in [-0.3, -0.25) is 9.78 Å². The Bertz CT molecular complexity index is 1200. The van der Waals surface area contributed by atoms with E-state index in [1.165, 1.54) is 5.56 Å². The SMILES string of the molecule is CNC(=O)c1cc(Oc2ccc3[nH]c(Nc4cc(C)ccc4C)nc3c2)ccn1. The van der Waals surface area contributed by atoms with E-state index in [0.29, 0.717) is 23.1 Å². The third-order valence-corrected chi connectivity index (χ3v) is 4.53. The van der Waals surface area contributed by atoms with E-state index >= 15 is 0 Å². The largest absolute Gasteiger partial charge is 0.457 e. The molecule has 7 nitrogen and oxygen atoms in total. The molecule has 0 radical (unpaired) electrons. The molecule has 29 heavy (non-hydrogen) atoms. The summed E-state index contributed by atoms with van der Waals surface area (Å²) in [6, 6.07) is 15.2. The van der Waals surface area contributed by atoms with Gasteiger partial charge in [0.15, 0.2) is 0 Å². The Balaban J connectivity index is 1.57. The number of anilines is 2. The topological polar surface area (TPSA) is 91.9 Å². The second-order valence-corrected chi connectivity index (χ2v) is 6.77. The number of H-pyrrole nitrogens is 1. The molecule has 1 amide bonds. The third-order valence-electron chi connectivity index (χ3n) is 4.53. The summed E-state index contributed by atoms with van der Waals surface area (Å²) in [6.45, 7) is 4.11. The van der Waals surface area contributed by atoms with E-state index in [9.17, 15) is 4.79 Å². The number of aryl methyl sites for hydroxylation is 2. The summed E-state index contributed by atoms with van der Waals surface area (Å²) in [6.07, 6.45) is 1.54. The van der Waals surface area contributed by atoms with Gasteiger partial charge in [-0.15, -0.1) is 0 Å². The first-order valence-corrected chi connectivity index (χ1v) is 9.22. The average Bonchev–Trinajstić information content (AvgIpc) is 3.12. The van der Waals surface area contributed by atoms with Crippen molar-refractivity contribution in [1.82, 2.24) is 20.3 Å². The van der Waals surface area contributed by atoms with Crippen molar-refractivity contribution in [3.05, 3.63) is 71.5 Å². The first-order chi connectivity index (χ1) is 14.0. The van der Waals surface area contributed by atoms with Gasteiger partial charge in [0.25, 0.3) is 5.91 Å². The van der Waals surface area contributed by atoms with Crippen molar-refractivity contribution in [2.45, 2.75) is 13.8 Å². The van der Waals surface area contributed by atoms with E-state index in [-0.39, 0.29) is 5.91 Å². The summed E-state index contributed by atoms with van der Waals surface area (Å²) in [7, 11) is 1.56. The zero-order valence-electron chi connectivity index (χ0n) is 16.4. The highest BCUT2D eigenvalue weighted by atomic mass is 16.5. The van der Waals surface area contributed by atoms with Gasteiger partial charge in [-0.25, -0.2) is 4.98 Å². The quantitative estimate of drug-likeness (QED) is 0.470. The molecular weight excluding hydrogens is 366 g/mol. The first kappa shape index (κ1) is 18.5. The van der Waals surface area contributed by atoms with Crippen LogP contribution in [0, 0.1) is 13.8 Å². The lowest BCUT2D eigenvalue weighted by atomic mass is 10.1. The molecule has 4 rings (SSSR count). The summed E-state index contributed by atoms with van der Waals surface area (Å²) in [5.74, 6) is 1.55. The number of pyridine rings is 1. The minimum Gasteiger partial charge on any atom is -0.457 e. The lowest BCUT2D eigenvalue weighted by Crippen LogP contribution is -2.18. The van der Waals surface area contributed by atoms with Crippen molar-refractivity contribution in [3.8, 4) is 11.5 Å². The fourth-order valence-electron chi connectivity index (χ4n) is 2.97. The maximum absolute atomic E-state index is 11.7. The highest BCUT2D eigenvalue weighted by Gasteiger charge is 2.09. The zero-order valence-corrected chi connectivity index (χ0v) is 16.4. The van der Waals surface area contributed by atoms with Crippen molar-refractivity contribution in [1.29, 1.82) is 0 Å². The number of nitrogens with zero attached hydrogens (tertiary/aromatic N) is 2. The number of aromatic nitrogens is 3. The normalized spacial score (nSPS) is 10.7. The van der Waals surface area contributed by atoms with Gasteiger partial charge in [-0.2, -0.15) is 0 Å². The molecule has 2 heterocycles. The van der Waals surface area contributed by atoms with Gasteiger partial charge in [0, 0.05) is 31.1 Å². The van der Waals surface area contributed by atoms with Crippen LogP contribution in [0.5, 0.6) is 11.5 Å². The van der Waals surface area contributed by atoms with Crippen LogP contribution in [0.3, 0.4) is 0 Å². The van der Waals surface area contributed by atoms with Crippen LogP contribution in [0.25, 0.3) is 11.0 Å². The lowest BCUT2D eigenvalue weighted by molar-refractivity contribution is 0.0958. The molecule has 0 bridgehead atoms. The lowest BCUT2D eigenvalue weighted by Gasteiger charge is -2.07. The number of carbonyl (C=O) groups is 1. The van der Waals surface area contributed by atoms with Crippen molar-refractivity contribution in [2.24, 2.45) is 0 Å². The molecule has 0 aliphatic heterocycles. The van der Waals surface area contributed by atoms with Gasteiger partial charge in [-0.05, 0) is 49.2 Å². The summed E-state index contributed by atoms with van der Waals surface area (Å²) >= 11 is 0. The molecule has 0 aliphatic carbocycles. The van der Waals surface area contributed by atoms with E-state index < -0.39 is 0 Å². The predicted molar refractivity (Wildman–Crippen MR) is 113 cm³/mol. The number of amides is 1. The van der Waals surface area contributed by atoms with Gasteiger partial charge in [-0.1, -0.05) is 12.1 Å². The molecule has 0 aliphatic rings. The number of hydrogen-bond acceptors (Lipinski definition) is 5. The van der Waals surface area contributed by atoms with E-state index in [0.717, 1.165) is 22.3 Å². The molecule has 146 valence electrons. The second kappa shape index (κ2) is 7.63. The van der Waals surface area contributed by atoms with Crippen LogP contribution in [-0.2, 0) is 0 Å². The molecule has 3 N–H and O–H groups in total. The van der Waals surface area contributed by atoms with E-state index in [1.54, 1.807) is 25.4 Å². The minimum absolute atomic E-state index is 0.264. The molecule has 0 saturated carbocycles. The summed E-state index contributed by atoms with van der Waals surface area (Å²) in [4.78, 5) is 23.7. The molecule has 0 spiro atoms. The molecular formula is C22H21N5O2. The van der Waals surface area contributed by atoms with Crippen molar-refractivity contribution in [2.75, 3.05) is 12.4 Å². The Morgan fingerprint density at radius 3 is 2.69 bits per heavy atom. The van der Waals surface area contributed by atoms with Gasteiger partial charge in [0.1, 0.15) is 17.2 Å². The van der Waals surface area contributed by atoms with Crippen molar-refractivity contribution in [3.63, 3.8) is 0 Å². The number of imidazole rings is 1. The Morgan fingerprint density at radius 2 is 1.86 bits per heavy atom. The summed E-state index contributed by atoms with van der Waals surface area (Å²) < 4.78 is 5.89. The van der Waals surface area contributed by atoms with Crippen LogP contribution in [0.4, 0.5) is 11.6 Å². The molecule has 0 fully saturated rings. The fourth-order valence-corrected chi connectivity index (χ4v) is 2.97.